The molecular formula is C11H15NO4S. The van der Waals surface area contributed by atoms with Crippen molar-refractivity contribution in [2.75, 3.05) is 11.5 Å². The molecule has 0 radical (unpaired) electrons. The van der Waals surface area contributed by atoms with Crippen molar-refractivity contribution in [2.45, 2.75) is 26.3 Å². The first-order valence-electron chi connectivity index (χ1n) is 5.46. The number of aryl methyl sites for hydroxylation is 2. The monoisotopic (exact) mass is 257 g/mol. The van der Waals surface area contributed by atoms with Gasteiger partial charge in [0.05, 0.1) is 11.5 Å². The van der Waals surface area contributed by atoms with Crippen molar-refractivity contribution < 1.29 is 17.6 Å². The van der Waals surface area contributed by atoms with Gasteiger partial charge >= 0.3 is 0 Å². The van der Waals surface area contributed by atoms with Gasteiger partial charge in [0.15, 0.2) is 15.6 Å². The fourth-order valence-corrected chi connectivity index (χ4v) is 3.52. The lowest BCUT2D eigenvalue weighted by Crippen LogP contribution is -2.35. The van der Waals surface area contributed by atoms with Crippen LogP contribution in [0.5, 0.6) is 0 Å². The molecule has 6 heteroatoms. The minimum Gasteiger partial charge on any atom is -0.456 e. The highest BCUT2D eigenvalue weighted by Gasteiger charge is 2.29. The second-order valence-corrected chi connectivity index (χ2v) is 6.65. The zero-order chi connectivity index (χ0) is 12.6. The van der Waals surface area contributed by atoms with Crippen LogP contribution in [-0.4, -0.2) is 31.9 Å². The minimum absolute atomic E-state index is 0.0252. The van der Waals surface area contributed by atoms with Crippen molar-refractivity contribution in [2.24, 2.45) is 0 Å². The summed E-state index contributed by atoms with van der Waals surface area (Å²) in [5, 5.41) is 2.68. The van der Waals surface area contributed by atoms with Crippen molar-refractivity contribution in [1.82, 2.24) is 5.32 Å². The van der Waals surface area contributed by atoms with Gasteiger partial charge in [-0.3, -0.25) is 4.79 Å². The van der Waals surface area contributed by atoms with Crippen LogP contribution in [-0.2, 0) is 9.84 Å². The van der Waals surface area contributed by atoms with Crippen LogP contribution in [0, 0.1) is 13.8 Å². The van der Waals surface area contributed by atoms with Gasteiger partial charge < -0.3 is 9.73 Å². The molecule has 0 bridgehead atoms. The number of hydrogen-bond donors (Lipinski definition) is 1. The number of carbonyl (C=O) groups is 1. The van der Waals surface area contributed by atoms with E-state index < -0.39 is 9.84 Å². The summed E-state index contributed by atoms with van der Waals surface area (Å²) in [5.41, 5.74) is 0.911. The van der Waals surface area contributed by atoms with Gasteiger partial charge in [0, 0.05) is 6.04 Å². The minimum atomic E-state index is -2.97. The molecule has 1 saturated heterocycles. The Morgan fingerprint density at radius 2 is 2.18 bits per heavy atom. The highest BCUT2D eigenvalue weighted by molar-refractivity contribution is 7.91. The van der Waals surface area contributed by atoms with Crippen molar-refractivity contribution >= 4 is 15.7 Å². The normalized spacial score (nSPS) is 22.6. The lowest BCUT2D eigenvalue weighted by molar-refractivity contribution is 0.0912. The van der Waals surface area contributed by atoms with Crippen LogP contribution in [0.25, 0.3) is 0 Å². The molecule has 1 amide bonds. The molecule has 1 atom stereocenters. The van der Waals surface area contributed by atoms with Crippen LogP contribution in [0.1, 0.15) is 28.3 Å². The molecule has 2 heterocycles. The Labute approximate surface area is 100 Å². The van der Waals surface area contributed by atoms with E-state index in [0.717, 1.165) is 5.56 Å². The van der Waals surface area contributed by atoms with E-state index in [9.17, 15) is 13.2 Å². The number of furan rings is 1. The Morgan fingerprint density at radius 1 is 1.47 bits per heavy atom. The summed E-state index contributed by atoms with van der Waals surface area (Å²) < 4.78 is 27.8. The summed E-state index contributed by atoms with van der Waals surface area (Å²) in [5.74, 6) is 0.771. The van der Waals surface area contributed by atoms with Crippen molar-refractivity contribution in [3.63, 3.8) is 0 Å². The Bertz CT molecular complexity index is 524. The number of carbonyl (C=O) groups excluding carboxylic acids is 1. The second kappa shape index (κ2) is 4.18. The SMILES string of the molecule is Cc1cc(C(=O)NC2CCS(=O)(=O)C2)oc1C. The van der Waals surface area contributed by atoms with Crippen molar-refractivity contribution in [1.29, 1.82) is 0 Å². The lowest BCUT2D eigenvalue weighted by atomic mass is 10.2. The number of hydrogen-bond acceptors (Lipinski definition) is 4. The van der Waals surface area contributed by atoms with E-state index in [2.05, 4.69) is 5.32 Å². The summed E-state index contributed by atoms with van der Waals surface area (Å²) in [7, 11) is -2.97. The first-order valence-corrected chi connectivity index (χ1v) is 7.28. The third-order valence-electron chi connectivity index (χ3n) is 2.96. The van der Waals surface area contributed by atoms with E-state index in [1.165, 1.54) is 0 Å². The highest BCUT2D eigenvalue weighted by Crippen LogP contribution is 2.15. The first-order chi connectivity index (χ1) is 7.87. The van der Waals surface area contributed by atoms with Crippen molar-refractivity contribution in [3.8, 4) is 0 Å². The van der Waals surface area contributed by atoms with Crippen LogP contribution in [0.15, 0.2) is 10.5 Å². The maximum absolute atomic E-state index is 11.8. The van der Waals surface area contributed by atoms with Crippen LogP contribution >= 0.6 is 0 Å². The number of rotatable bonds is 2. The van der Waals surface area contributed by atoms with Crippen LogP contribution < -0.4 is 5.32 Å². The van der Waals surface area contributed by atoms with E-state index in [4.69, 9.17) is 4.42 Å². The zero-order valence-corrected chi connectivity index (χ0v) is 10.6. The predicted molar refractivity (Wildman–Crippen MR) is 62.7 cm³/mol. The predicted octanol–water partition coefficient (Wildman–Crippen LogP) is 0.813. The molecule has 0 saturated carbocycles. The summed E-state index contributed by atoms with van der Waals surface area (Å²) in [6.45, 7) is 3.64. The molecule has 17 heavy (non-hydrogen) atoms. The standard InChI is InChI=1S/C11H15NO4S/c1-7-5-10(16-8(7)2)11(13)12-9-3-4-17(14,15)6-9/h5,9H,3-4,6H2,1-2H3,(H,12,13). The third-order valence-corrected chi connectivity index (χ3v) is 4.73. The van der Waals surface area contributed by atoms with Gasteiger partial charge in [-0.25, -0.2) is 8.42 Å². The van der Waals surface area contributed by atoms with Gasteiger partial charge in [0.1, 0.15) is 5.76 Å². The molecule has 94 valence electrons. The summed E-state index contributed by atoms with van der Waals surface area (Å²) >= 11 is 0. The van der Waals surface area contributed by atoms with Gasteiger partial charge in [0.2, 0.25) is 0 Å². The van der Waals surface area contributed by atoms with Gasteiger partial charge in [-0.05, 0) is 31.9 Å². The average Bonchev–Trinajstić information content (AvgIpc) is 2.71. The Hall–Kier alpha value is -1.30. The maximum Gasteiger partial charge on any atom is 0.287 e. The summed E-state index contributed by atoms with van der Waals surface area (Å²) in [6.07, 6.45) is 0.479. The van der Waals surface area contributed by atoms with E-state index in [-0.39, 0.29) is 29.2 Å². The van der Waals surface area contributed by atoms with Crippen LogP contribution in [0.4, 0.5) is 0 Å². The topological polar surface area (TPSA) is 76.4 Å². The zero-order valence-electron chi connectivity index (χ0n) is 9.82. The summed E-state index contributed by atoms with van der Waals surface area (Å²) in [4.78, 5) is 11.8. The molecule has 1 aromatic rings. The first kappa shape index (κ1) is 12.2. The van der Waals surface area contributed by atoms with E-state index in [1.807, 2.05) is 6.92 Å². The highest BCUT2D eigenvalue weighted by atomic mass is 32.2. The number of amides is 1. The Kier molecular flexibility index (Phi) is 2.99. The molecule has 1 N–H and O–H groups in total. The Balaban J connectivity index is 2.03. The van der Waals surface area contributed by atoms with Crippen LogP contribution in [0.3, 0.4) is 0 Å². The fraction of sp³-hybridized carbons (Fsp3) is 0.545. The molecule has 1 unspecified atom stereocenters. The third kappa shape index (κ3) is 2.69. The van der Waals surface area contributed by atoms with Gasteiger partial charge in [-0.15, -0.1) is 0 Å². The van der Waals surface area contributed by atoms with Crippen LogP contribution in [0.2, 0.25) is 0 Å². The molecule has 1 fully saturated rings. The quantitative estimate of drug-likeness (QED) is 0.850. The smallest absolute Gasteiger partial charge is 0.287 e. The van der Waals surface area contributed by atoms with Crippen molar-refractivity contribution in [3.05, 3.63) is 23.2 Å². The number of nitrogens with one attached hydrogen (secondary N) is 1. The molecule has 0 aromatic carbocycles. The van der Waals surface area contributed by atoms with Gasteiger partial charge in [0.25, 0.3) is 5.91 Å². The molecule has 1 aliphatic rings. The van der Waals surface area contributed by atoms with E-state index in [0.29, 0.717) is 12.2 Å². The molecular weight excluding hydrogens is 242 g/mol. The summed E-state index contributed by atoms with van der Waals surface area (Å²) in [6, 6.07) is 1.37. The molecule has 2 rings (SSSR count). The second-order valence-electron chi connectivity index (χ2n) is 4.42. The Morgan fingerprint density at radius 3 is 2.65 bits per heavy atom. The molecule has 5 nitrogen and oxygen atoms in total. The average molecular weight is 257 g/mol. The maximum atomic E-state index is 11.8. The fourth-order valence-electron chi connectivity index (χ4n) is 1.85. The van der Waals surface area contributed by atoms with E-state index >= 15 is 0 Å². The molecule has 1 aromatic heterocycles. The lowest BCUT2D eigenvalue weighted by Gasteiger charge is -2.08. The number of sulfone groups is 1. The van der Waals surface area contributed by atoms with Gasteiger partial charge in [-0.1, -0.05) is 0 Å². The van der Waals surface area contributed by atoms with Gasteiger partial charge in [-0.2, -0.15) is 0 Å². The molecule has 0 spiro atoms. The largest absolute Gasteiger partial charge is 0.456 e. The molecule has 1 aliphatic heterocycles. The van der Waals surface area contributed by atoms with E-state index in [1.54, 1.807) is 13.0 Å². The molecule has 0 aliphatic carbocycles.